The average molecular weight is 193 g/mol. The average Bonchev–Trinajstić information content (AvgIpc) is 2.58. The smallest absolute Gasteiger partial charge is 0.164 e. The standard InChI is InChI=1S/C7H7N5S/c13-5-9-3-12-4-11-6-1-8-2-10-7(6)12/h1-2,4-5H,3H2,(H,9,13). The number of hydrogen-bond acceptors (Lipinski definition) is 4. The molecule has 2 heterocycles. The van der Waals surface area contributed by atoms with Crippen LogP contribution in [0.4, 0.5) is 0 Å². The van der Waals surface area contributed by atoms with E-state index < -0.39 is 0 Å². The molecule has 5 nitrogen and oxygen atoms in total. The molecule has 0 bridgehead atoms. The summed E-state index contributed by atoms with van der Waals surface area (Å²) in [5.74, 6) is 0. The van der Waals surface area contributed by atoms with Gasteiger partial charge in [-0.2, -0.15) is 0 Å². The number of nitrogens with zero attached hydrogens (tertiary/aromatic N) is 4. The van der Waals surface area contributed by atoms with Gasteiger partial charge in [-0.1, -0.05) is 12.2 Å². The van der Waals surface area contributed by atoms with E-state index in [2.05, 4.69) is 32.5 Å². The quantitative estimate of drug-likeness (QED) is 0.712. The molecule has 0 aliphatic carbocycles. The maximum absolute atomic E-state index is 4.65. The van der Waals surface area contributed by atoms with Crippen molar-refractivity contribution in [2.45, 2.75) is 6.67 Å². The fourth-order valence-electron chi connectivity index (χ4n) is 1.07. The minimum atomic E-state index is 0.580. The topological polar surface area (TPSA) is 55.6 Å². The summed E-state index contributed by atoms with van der Waals surface area (Å²) >= 11 is 4.65. The summed E-state index contributed by atoms with van der Waals surface area (Å²) in [4.78, 5) is 12.1. The first-order valence-corrected chi connectivity index (χ1v) is 4.17. The summed E-state index contributed by atoms with van der Waals surface area (Å²) < 4.78 is 1.86. The normalized spacial score (nSPS) is 10.2. The number of hydrogen-bond donors (Lipinski definition) is 1. The van der Waals surface area contributed by atoms with Crippen molar-refractivity contribution in [2.75, 3.05) is 0 Å². The van der Waals surface area contributed by atoms with Crippen molar-refractivity contribution in [3.8, 4) is 0 Å². The van der Waals surface area contributed by atoms with E-state index in [4.69, 9.17) is 0 Å². The SMILES string of the molecule is S=CNCn1cnc2cncnc21. The second kappa shape index (κ2) is 3.44. The third-order valence-corrected chi connectivity index (χ3v) is 1.79. The van der Waals surface area contributed by atoms with Gasteiger partial charge in [-0.15, -0.1) is 0 Å². The van der Waals surface area contributed by atoms with Crippen molar-refractivity contribution in [2.24, 2.45) is 0 Å². The molecule has 2 aromatic heterocycles. The highest BCUT2D eigenvalue weighted by Crippen LogP contribution is 2.05. The summed E-state index contributed by atoms with van der Waals surface area (Å²) in [5.41, 5.74) is 3.06. The fourth-order valence-corrected chi connectivity index (χ4v) is 1.14. The molecule has 2 rings (SSSR count). The van der Waals surface area contributed by atoms with Crippen LogP contribution in [0.5, 0.6) is 0 Å². The van der Waals surface area contributed by atoms with Crippen LogP contribution in [-0.4, -0.2) is 25.0 Å². The van der Waals surface area contributed by atoms with Crippen molar-refractivity contribution in [1.82, 2.24) is 24.8 Å². The van der Waals surface area contributed by atoms with Crippen LogP contribution in [0.2, 0.25) is 0 Å². The van der Waals surface area contributed by atoms with Crippen molar-refractivity contribution < 1.29 is 0 Å². The van der Waals surface area contributed by atoms with E-state index in [0.29, 0.717) is 6.67 Å². The number of fused-ring (bicyclic) bond motifs is 1. The van der Waals surface area contributed by atoms with Gasteiger partial charge in [-0.25, -0.2) is 15.0 Å². The lowest BCUT2D eigenvalue weighted by molar-refractivity contribution is 0.688. The van der Waals surface area contributed by atoms with Crippen LogP contribution in [-0.2, 0) is 6.67 Å². The number of nitrogens with one attached hydrogen (secondary N) is 1. The van der Waals surface area contributed by atoms with Crippen LogP contribution in [0.25, 0.3) is 11.2 Å². The molecule has 1 N–H and O–H groups in total. The number of thiocarbonyl (C=S) groups is 1. The van der Waals surface area contributed by atoms with E-state index in [1.54, 1.807) is 12.5 Å². The van der Waals surface area contributed by atoms with Crippen LogP contribution in [0.1, 0.15) is 0 Å². The lowest BCUT2D eigenvalue weighted by Gasteiger charge is -2.00. The summed E-state index contributed by atoms with van der Waals surface area (Å²) in [6, 6.07) is 0. The highest BCUT2D eigenvalue weighted by Gasteiger charge is 2.00. The molecule has 66 valence electrons. The van der Waals surface area contributed by atoms with E-state index >= 15 is 0 Å². The Bertz CT molecular complexity index is 423. The Kier molecular flexibility index (Phi) is 2.13. The van der Waals surface area contributed by atoms with Gasteiger partial charge in [0.1, 0.15) is 11.8 Å². The molecular formula is C7H7N5S. The molecule has 0 atom stereocenters. The minimum absolute atomic E-state index is 0.580. The fraction of sp³-hybridized carbons (Fsp3) is 0.143. The maximum Gasteiger partial charge on any atom is 0.164 e. The Balaban J connectivity index is 2.40. The summed E-state index contributed by atoms with van der Waals surface area (Å²) in [6.45, 7) is 0.580. The van der Waals surface area contributed by atoms with Gasteiger partial charge in [0, 0.05) is 0 Å². The van der Waals surface area contributed by atoms with Crippen LogP contribution < -0.4 is 5.32 Å². The van der Waals surface area contributed by atoms with Gasteiger partial charge in [0.2, 0.25) is 0 Å². The van der Waals surface area contributed by atoms with Crippen LogP contribution in [0.3, 0.4) is 0 Å². The molecule has 0 aliphatic rings. The first-order chi connectivity index (χ1) is 6.42. The molecule has 2 aromatic rings. The molecule has 0 radical (unpaired) electrons. The Hall–Kier alpha value is -1.56. The van der Waals surface area contributed by atoms with E-state index in [9.17, 15) is 0 Å². The van der Waals surface area contributed by atoms with Gasteiger partial charge in [-0.05, 0) is 0 Å². The van der Waals surface area contributed by atoms with Gasteiger partial charge < -0.3 is 5.32 Å². The number of rotatable bonds is 3. The molecule has 0 aromatic carbocycles. The molecule has 0 fully saturated rings. The zero-order valence-electron chi connectivity index (χ0n) is 6.71. The van der Waals surface area contributed by atoms with Crippen LogP contribution in [0.15, 0.2) is 18.9 Å². The highest BCUT2D eigenvalue weighted by atomic mass is 32.1. The van der Waals surface area contributed by atoms with Crippen LogP contribution in [0, 0.1) is 0 Å². The summed E-state index contributed by atoms with van der Waals surface area (Å²) in [7, 11) is 0. The second-order valence-electron chi connectivity index (χ2n) is 2.43. The lowest BCUT2D eigenvalue weighted by atomic mass is 10.6. The molecular weight excluding hydrogens is 186 g/mol. The second-order valence-corrected chi connectivity index (χ2v) is 2.66. The number of imidazole rings is 1. The van der Waals surface area contributed by atoms with E-state index in [1.165, 1.54) is 11.8 Å². The molecule has 6 heteroatoms. The molecule has 0 saturated carbocycles. The molecule has 0 spiro atoms. The van der Waals surface area contributed by atoms with Crippen molar-refractivity contribution in [3.05, 3.63) is 18.9 Å². The largest absolute Gasteiger partial charge is 0.364 e. The Morgan fingerprint density at radius 1 is 1.54 bits per heavy atom. The van der Waals surface area contributed by atoms with E-state index in [-0.39, 0.29) is 0 Å². The van der Waals surface area contributed by atoms with Crippen molar-refractivity contribution in [3.63, 3.8) is 0 Å². The maximum atomic E-state index is 4.65. The zero-order chi connectivity index (χ0) is 9.10. The first-order valence-electron chi connectivity index (χ1n) is 3.69. The van der Waals surface area contributed by atoms with Gasteiger partial charge in [0.25, 0.3) is 0 Å². The van der Waals surface area contributed by atoms with Crippen LogP contribution >= 0.6 is 12.2 Å². The third kappa shape index (κ3) is 1.48. The van der Waals surface area contributed by atoms with Crippen molar-refractivity contribution >= 4 is 28.9 Å². The molecule has 13 heavy (non-hydrogen) atoms. The van der Waals surface area contributed by atoms with E-state index in [1.807, 2.05) is 4.57 Å². The third-order valence-electron chi connectivity index (χ3n) is 1.63. The molecule has 0 saturated heterocycles. The first kappa shape index (κ1) is 8.06. The van der Waals surface area contributed by atoms with Gasteiger partial charge >= 0.3 is 0 Å². The highest BCUT2D eigenvalue weighted by molar-refractivity contribution is 7.78. The van der Waals surface area contributed by atoms with E-state index in [0.717, 1.165) is 11.2 Å². The van der Waals surface area contributed by atoms with Gasteiger partial charge in [-0.3, -0.25) is 4.57 Å². The number of aromatic nitrogens is 4. The summed E-state index contributed by atoms with van der Waals surface area (Å²) in [5, 5.41) is 2.90. The Labute approximate surface area is 79.8 Å². The minimum Gasteiger partial charge on any atom is -0.364 e. The monoisotopic (exact) mass is 193 g/mol. The lowest BCUT2D eigenvalue weighted by Crippen LogP contribution is -2.14. The predicted molar refractivity (Wildman–Crippen MR) is 52.1 cm³/mol. The van der Waals surface area contributed by atoms with Gasteiger partial charge in [0.15, 0.2) is 5.65 Å². The zero-order valence-corrected chi connectivity index (χ0v) is 7.53. The molecule has 0 unspecified atom stereocenters. The van der Waals surface area contributed by atoms with Gasteiger partial charge in [0.05, 0.1) is 24.7 Å². The Morgan fingerprint density at radius 2 is 2.46 bits per heavy atom. The molecule has 0 aliphatic heterocycles. The summed E-state index contributed by atoms with van der Waals surface area (Å²) in [6.07, 6.45) is 4.87. The molecule has 0 amide bonds. The predicted octanol–water partition coefficient (Wildman–Crippen LogP) is 0.331. The van der Waals surface area contributed by atoms with Crippen molar-refractivity contribution in [1.29, 1.82) is 0 Å². The Morgan fingerprint density at radius 3 is 3.31 bits per heavy atom.